The molecule has 1 aromatic carbocycles. The predicted octanol–water partition coefficient (Wildman–Crippen LogP) is 2.77. The van der Waals surface area contributed by atoms with E-state index in [1.165, 1.54) is 5.56 Å². The highest BCUT2D eigenvalue weighted by atomic mass is 16.5. The fourth-order valence-electron chi connectivity index (χ4n) is 1.76. The molecule has 1 rings (SSSR count). The van der Waals surface area contributed by atoms with E-state index in [0.29, 0.717) is 13.2 Å². The number of hydrogen-bond acceptors (Lipinski definition) is 3. The SMILES string of the molecule is CCOc1ccc(OCC)c(CCCCN)c1. The van der Waals surface area contributed by atoms with E-state index in [1.54, 1.807) is 0 Å². The van der Waals surface area contributed by atoms with Crippen LogP contribution in [0.15, 0.2) is 18.2 Å². The average molecular weight is 237 g/mol. The summed E-state index contributed by atoms with van der Waals surface area (Å²) in [6, 6.07) is 6.03. The first kappa shape index (κ1) is 13.8. The molecule has 1 aromatic rings. The van der Waals surface area contributed by atoms with E-state index in [2.05, 4.69) is 6.07 Å². The zero-order valence-electron chi connectivity index (χ0n) is 10.9. The Hall–Kier alpha value is -1.22. The summed E-state index contributed by atoms with van der Waals surface area (Å²) in [5, 5.41) is 0. The Morgan fingerprint density at radius 3 is 2.47 bits per heavy atom. The highest BCUT2D eigenvalue weighted by Crippen LogP contribution is 2.26. The van der Waals surface area contributed by atoms with Gasteiger partial charge in [0.05, 0.1) is 13.2 Å². The standard InChI is InChI=1S/C14H23NO2/c1-3-16-13-8-9-14(17-4-2)12(11-13)7-5-6-10-15/h8-9,11H,3-7,10,15H2,1-2H3. The van der Waals surface area contributed by atoms with E-state index in [0.717, 1.165) is 37.3 Å². The minimum absolute atomic E-state index is 0.691. The van der Waals surface area contributed by atoms with Gasteiger partial charge in [-0.1, -0.05) is 0 Å². The monoisotopic (exact) mass is 237 g/mol. The molecule has 0 atom stereocenters. The average Bonchev–Trinajstić information content (AvgIpc) is 2.33. The van der Waals surface area contributed by atoms with Crippen LogP contribution < -0.4 is 15.2 Å². The second kappa shape index (κ2) is 7.96. The largest absolute Gasteiger partial charge is 0.494 e. The van der Waals surface area contributed by atoms with E-state index in [-0.39, 0.29) is 0 Å². The molecule has 3 nitrogen and oxygen atoms in total. The van der Waals surface area contributed by atoms with Gasteiger partial charge in [0.25, 0.3) is 0 Å². The summed E-state index contributed by atoms with van der Waals surface area (Å²) in [6.45, 7) is 6.12. The van der Waals surface area contributed by atoms with Gasteiger partial charge >= 0.3 is 0 Å². The van der Waals surface area contributed by atoms with Crippen molar-refractivity contribution in [2.24, 2.45) is 5.73 Å². The van der Waals surface area contributed by atoms with Crippen LogP contribution in [0.1, 0.15) is 32.3 Å². The van der Waals surface area contributed by atoms with Crippen molar-refractivity contribution in [3.63, 3.8) is 0 Å². The minimum atomic E-state index is 0.691. The van der Waals surface area contributed by atoms with Gasteiger partial charge in [-0.25, -0.2) is 0 Å². The van der Waals surface area contributed by atoms with Crippen molar-refractivity contribution < 1.29 is 9.47 Å². The van der Waals surface area contributed by atoms with Crippen molar-refractivity contribution in [2.75, 3.05) is 19.8 Å². The molecule has 0 saturated carbocycles. The third-order valence-electron chi connectivity index (χ3n) is 2.54. The van der Waals surface area contributed by atoms with Crippen molar-refractivity contribution in [2.45, 2.75) is 33.1 Å². The Bertz CT molecular complexity index is 326. The smallest absolute Gasteiger partial charge is 0.122 e. The van der Waals surface area contributed by atoms with Gasteiger partial charge in [-0.2, -0.15) is 0 Å². The molecule has 0 radical (unpaired) electrons. The van der Waals surface area contributed by atoms with Crippen molar-refractivity contribution in [1.29, 1.82) is 0 Å². The lowest BCUT2D eigenvalue weighted by molar-refractivity contribution is 0.327. The molecule has 0 aromatic heterocycles. The summed E-state index contributed by atoms with van der Waals surface area (Å²) in [4.78, 5) is 0. The third-order valence-corrected chi connectivity index (χ3v) is 2.54. The van der Waals surface area contributed by atoms with Gasteiger partial charge < -0.3 is 15.2 Å². The Morgan fingerprint density at radius 2 is 1.82 bits per heavy atom. The summed E-state index contributed by atoms with van der Waals surface area (Å²) in [7, 11) is 0. The summed E-state index contributed by atoms with van der Waals surface area (Å²) in [5.74, 6) is 1.88. The Morgan fingerprint density at radius 1 is 1.06 bits per heavy atom. The molecule has 0 aliphatic carbocycles. The Balaban J connectivity index is 2.74. The number of rotatable bonds is 8. The molecule has 0 bridgehead atoms. The van der Waals surface area contributed by atoms with Crippen molar-refractivity contribution in [1.82, 2.24) is 0 Å². The predicted molar refractivity (Wildman–Crippen MR) is 70.8 cm³/mol. The molecule has 0 saturated heterocycles. The lowest BCUT2D eigenvalue weighted by Crippen LogP contribution is -2.02. The first-order valence-corrected chi connectivity index (χ1v) is 6.40. The fraction of sp³-hybridized carbons (Fsp3) is 0.571. The molecule has 0 heterocycles. The van der Waals surface area contributed by atoms with Crippen LogP contribution in [0.3, 0.4) is 0 Å². The lowest BCUT2D eigenvalue weighted by Gasteiger charge is -2.12. The molecule has 0 fully saturated rings. The van der Waals surface area contributed by atoms with Crippen LogP contribution in [-0.4, -0.2) is 19.8 Å². The summed E-state index contributed by atoms with van der Waals surface area (Å²) in [5.41, 5.74) is 6.73. The zero-order chi connectivity index (χ0) is 12.5. The van der Waals surface area contributed by atoms with Crippen LogP contribution in [0.5, 0.6) is 11.5 Å². The molecule has 17 heavy (non-hydrogen) atoms. The first-order valence-electron chi connectivity index (χ1n) is 6.40. The fourth-order valence-corrected chi connectivity index (χ4v) is 1.76. The number of benzene rings is 1. The molecule has 0 aliphatic heterocycles. The number of aryl methyl sites for hydroxylation is 1. The maximum atomic E-state index is 5.61. The van der Waals surface area contributed by atoms with Crippen LogP contribution in [0, 0.1) is 0 Å². The second-order valence-corrected chi connectivity index (χ2v) is 3.88. The maximum absolute atomic E-state index is 5.61. The normalized spacial score (nSPS) is 10.3. The molecule has 0 spiro atoms. The van der Waals surface area contributed by atoms with Crippen LogP contribution in [-0.2, 0) is 6.42 Å². The minimum Gasteiger partial charge on any atom is -0.494 e. The molecule has 3 heteroatoms. The lowest BCUT2D eigenvalue weighted by atomic mass is 10.1. The quantitative estimate of drug-likeness (QED) is 0.707. The summed E-state index contributed by atoms with van der Waals surface area (Å²) in [6.07, 6.45) is 3.13. The Kier molecular flexibility index (Phi) is 6.48. The third kappa shape index (κ3) is 4.65. The number of nitrogens with two attached hydrogens (primary N) is 1. The van der Waals surface area contributed by atoms with Crippen molar-refractivity contribution in [3.8, 4) is 11.5 Å². The van der Waals surface area contributed by atoms with Crippen LogP contribution in [0.4, 0.5) is 0 Å². The van der Waals surface area contributed by atoms with E-state index >= 15 is 0 Å². The molecule has 0 amide bonds. The molecule has 96 valence electrons. The van der Waals surface area contributed by atoms with Gasteiger partial charge in [-0.15, -0.1) is 0 Å². The van der Waals surface area contributed by atoms with E-state index in [4.69, 9.17) is 15.2 Å². The molecule has 0 aliphatic rings. The van der Waals surface area contributed by atoms with Gasteiger partial charge in [-0.3, -0.25) is 0 Å². The summed E-state index contributed by atoms with van der Waals surface area (Å²) >= 11 is 0. The van der Waals surface area contributed by atoms with E-state index in [9.17, 15) is 0 Å². The Labute approximate surface area is 104 Å². The van der Waals surface area contributed by atoms with Gasteiger partial charge in [0, 0.05) is 0 Å². The highest BCUT2D eigenvalue weighted by molar-refractivity contribution is 5.40. The van der Waals surface area contributed by atoms with Crippen LogP contribution in [0.2, 0.25) is 0 Å². The van der Waals surface area contributed by atoms with E-state index in [1.807, 2.05) is 26.0 Å². The first-order chi connectivity index (χ1) is 8.31. The van der Waals surface area contributed by atoms with Crippen LogP contribution in [0.25, 0.3) is 0 Å². The molecular formula is C14H23NO2. The number of ether oxygens (including phenoxy) is 2. The second-order valence-electron chi connectivity index (χ2n) is 3.88. The highest BCUT2D eigenvalue weighted by Gasteiger charge is 2.05. The topological polar surface area (TPSA) is 44.5 Å². The molecule has 2 N–H and O–H groups in total. The molecular weight excluding hydrogens is 214 g/mol. The number of unbranched alkanes of at least 4 members (excludes halogenated alkanes) is 1. The maximum Gasteiger partial charge on any atom is 0.122 e. The van der Waals surface area contributed by atoms with Crippen molar-refractivity contribution in [3.05, 3.63) is 23.8 Å². The van der Waals surface area contributed by atoms with E-state index < -0.39 is 0 Å². The summed E-state index contributed by atoms with van der Waals surface area (Å²) < 4.78 is 11.1. The number of hydrogen-bond donors (Lipinski definition) is 1. The van der Waals surface area contributed by atoms with Gasteiger partial charge in [0.15, 0.2) is 0 Å². The van der Waals surface area contributed by atoms with Gasteiger partial charge in [-0.05, 0) is 63.4 Å². The van der Waals surface area contributed by atoms with Crippen molar-refractivity contribution >= 4 is 0 Å². The van der Waals surface area contributed by atoms with Crippen LogP contribution >= 0.6 is 0 Å². The molecule has 0 unspecified atom stereocenters. The van der Waals surface area contributed by atoms with Gasteiger partial charge in [0.2, 0.25) is 0 Å². The zero-order valence-corrected chi connectivity index (χ0v) is 10.9. The van der Waals surface area contributed by atoms with Gasteiger partial charge in [0.1, 0.15) is 11.5 Å².